The molecule has 1 N–H and O–H groups in total. The molecule has 2 aromatic carbocycles. The molecule has 0 aliphatic heterocycles. The molecule has 0 saturated carbocycles. The normalized spacial score (nSPS) is 10.6. The van der Waals surface area contributed by atoms with Crippen LogP contribution in [0.2, 0.25) is 0 Å². The van der Waals surface area contributed by atoms with Gasteiger partial charge >= 0.3 is 0 Å². The molecule has 1 aromatic heterocycles. The van der Waals surface area contributed by atoms with Crippen molar-refractivity contribution < 1.29 is 18.8 Å². The largest absolute Gasteiger partial charge is 0.497 e. The number of unbranched alkanes of at least 4 members (excludes halogenated alkanes) is 2. The molecule has 0 aliphatic carbocycles. The average Bonchev–Trinajstić information content (AvgIpc) is 3.25. The van der Waals surface area contributed by atoms with Gasteiger partial charge in [-0.3, -0.25) is 4.79 Å². The van der Waals surface area contributed by atoms with E-state index in [0.29, 0.717) is 31.3 Å². The second kappa shape index (κ2) is 12.1. The molecule has 7 nitrogen and oxygen atoms in total. The van der Waals surface area contributed by atoms with E-state index < -0.39 is 0 Å². The van der Waals surface area contributed by atoms with E-state index in [4.69, 9.17) is 14.0 Å². The van der Waals surface area contributed by atoms with Gasteiger partial charge in [-0.05, 0) is 55.3 Å². The minimum atomic E-state index is -0.00367. The lowest BCUT2D eigenvalue weighted by molar-refractivity contribution is -0.121. The first-order valence-corrected chi connectivity index (χ1v) is 11.1. The molecule has 0 fully saturated rings. The van der Waals surface area contributed by atoms with Crippen molar-refractivity contribution in [2.45, 2.75) is 32.1 Å². The van der Waals surface area contributed by atoms with Crippen molar-refractivity contribution in [3.8, 4) is 22.9 Å². The zero-order valence-corrected chi connectivity index (χ0v) is 19.1. The lowest BCUT2D eigenvalue weighted by Gasteiger charge is -2.07. The molecule has 0 bridgehead atoms. The number of nitrogens with one attached hydrogen (secondary N) is 1. The van der Waals surface area contributed by atoms with Gasteiger partial charge in [-0.25, -0.2) is 0 Å². The molecule has 0 atom stereocenters. The fraction of sp³-hybridized carbons (Fsp3) is 0.348. The summed E-state index contributed by atoms with van der Waals surface area (Å²) in [5, 5.41) is 6.96. The number of carbonyl (C=O) groups excluding carboxylic acids is 1. The van der Waals surface area contributed by atoms with Crippen LogP contribution in [0, 0.1) is 0 Å². The molecular formula is C23H26BrN3O4. The Balaban J connectivity index is 1.26. The number of amides is 1. The Kier molecular flexibility index (Phi) is 8.90. The van der Waals surface area contributed by atoms with Crippen LogP contribution in [-0.4, -0.2) is 36.3 Å². The number of carbonyl (C=O) groups is 1. The third kappa shape index (κ3) is 7.71. The minimum Gasteiger partial charge on any atom is -0.497 e. The van der Waals surface area contributed by atoms with Crippen LogP contribution in [0.4, 0.5) is 0 Å². The lowest BCUT2D eigenvalue weighted by Crippen LogP contribution is -2.25. The highest BCUT2D eigenvalue weighted by molar-refractivity contribution is 9.10. The van der Waals surface area contributed by atoms with Gasteiger partial charge in [0, 0.05) is 23.0 Å². The van der Waals surface area contributed by atoms with Crippen LogP contribution in [0.5, 0.6) is 11.5 Å². The van der Waals surface area contributed by atoms with Gasteiger partial charge in [0.25, 0.3) is 0 Å². The predicted octanol–water partition coefficient (Wildman–Crippen LogP) is 4.81. The highest BCUT2D eigenvalue weighted by Crippen LogP contribution is 2.20. The average molecular weight is 488 g/mol. The summed E-state index contributed by atoms with van der Waals surface area (Å²) in [5.41, 5.74) is 0.891. The smallest absolute Gasteiger partial charge is 0.226 e. The number of methoxy groups -OCH3 is 1. The first-order chi connectivity index (χ1) is 15.1. The van der Waals surface area contributed by atoms with Gasteiger partial charge in [-0.15, -0.1) is 0 Å². The Morgan fingerprint density at radius 3 is 2.71 bits per heavy atom. The molecular weight excluding hydrogens is 462 g/mol. The summed E-state index contributed by atoms with van der Waals surface area (Å²) in [4.78, 5) is 16.3. The van der Waals surface area contributed by atoms with Gasteiger partial charge in [-0.2, -0.15) is 4.98 Å². The summed E-state index contributed by atoms with van der Waals surface area (Å²) < 4.78 is 17.0. The van der Waals surface area contributed by atoms with Gasteiger partial charge in [0.1, 0.15) is 11.5 Å². The molecule has 0 saturated heterocycles. The minimum absolute atomic E-state index is 0.00367. The summed E-state index contributed by atoms with van der Waals surface area (Å²) >= 11 is 3.39. The number of ether oxygens (including phenoxy) is 2. The van der Waals surface area contributed by atoms with Gasteiger partial charge in [-0.1, -0.05) is 33.6 Å². The Morgan fingerprint density at radius 2 is 1.94 bits per heavy atom. The number of nitrogens with zero attached hydrogens (tertiary/aromatic N) is 2. The second-order valence-corrected chi connectivity index (χ2v) is 7.87. The molecule has 8 heteroatoms. The van der Waals surface area contributed by atoms with E-state index >= 15 is 0 Å². The summed E-state index contributed by atoms with van der Waals surface area (Å²) in [6.45, 7) is 1.01. The van der Waals surface area contributed by atoms with E-state index in [1.807, 2.05) is 48.5 Å². The molecule has 0 radical (unpaired) electrons. The number of hydrogen-bond donors (Lipinski definition) is 1. The number of benzene rings is 2. The van der Waals surface area contributed by atoms with E-state index in [1.165, 1.54) is 0 Å². The summed E-state index contributed by atoms with van der Waals surface area (Å²) in [5.74, 6) is 2.74. The maximum Gasteiger partial charge on any atom is 0.226 e. The molecule has 0 unspecified atom stereocenters. The van der Waals surface area contributed by atoms with Crippen LogP contribution < -0.4 is 14.8 Å². The third-order valence-corrected chi connectivity index (χ3v) is 5.09. The van der Waals surface area contributed by atoms with Crippen molar-refractivity contribution in [1.82, 2.24) is 15.5 Å². The molecule has 1 amide bonds. The first-order valence-electron chi connectivity index (χ1n) is 10.3. The van der Waals surface area contributed by atoms with Crippen LogP contribution in [0.15, 0.2) is 57.5 Å². The quantitative estimate of drug-likeness (QED) is 0.369. The van der Waals surface area contributed by atoms with Gasteiger partial charge in [0.05, 0.1) is 20.1 Å². The Labute approximate surface area is 190 Å². The summed E-state index contributed by atoms with van der Waals surface area (Å²) in [6.07, 6.45) is 3.85. The Bertz CT molecular complexity index is 959. The molecule has 0 aliphatic rings. The topological polar surface area (TPSA) is 86.5 Å². The number of rotatable bonds is 12. The fourth-order valence-electron chi connectivity index (χ4n) is 2.93. The lowest BCUT2D eigenvalue weighted by atomic mass is 10.2. The Hall–Kier alpha value is -2.87. The van der Waals surface area contributed by atoms with Crippen LogP contribution >= 0.6 is 15.9 Å². The number of hydrogen-bond acceptors (Lipinski definition) is 6. The molecule has 164 valence electrons. The SMILES string of the molecule is COc1ccc(-c2noc(CCCCCNC(=O)CCOc3cccc(Br)c3)n2)cc1. The fourth-order valence-corrected chi connectivity index (χ4v) is 3.30. The van der Waals surface area contributed by atoms with Crippen molar-refractivity contribution in [3.63, 3.8) is 0 Å². The van der Waals surface area contributed by atoms with E-state index in [0.717, 1.165) is 47.2 Å². The Morgan fingerprint density at radius 1 is 1.10 bits per heavy atom. The van der Waals surface area contributed by atoms with Crippen LogP contribution in [0.3, 0.4) is 0 Å². The number of halogens is 1. The zero-order chi connectivity index (χ0) is 21.9. The van der Waals surface area contributed by atoms with E-state index in [9.17, 15) is 4.79 Å². The molecule has 31 heavy (non-hydrogen) atoms. The first kappa shape index (κ1) is 22.8. The monoisotopic (exact) mass is 487 g/mol. The van der Waals surface area contributed by atoms with Crippen LogP contribution in [0.25, 0.3) is 11.4 Å². The molecule has 3 aromatic rings. The van der Waals surface area contributed by atoms with Crippen molar-refractivity contribution >= 4 is 21.8 Å². The third-order valence-electron chi connectivity index (χ3n) is 4.60. The zero-order valence-electron chi connectivity index (χ0n) is 17.5. The second-order valence-electron chi connectivity index (χ2n) is 6.96. The summed E-state index contributed by atoms with van der Waals surface area (Å²) in [7, 11) is 1.63. The highest BCUT2D eigenvalue weighted by Gasteiger charge is 2.09. The van der Waals surface area contributed by atoms with Gasteiger partial charge in [0.15, 0.2) is 0 Å². The highest BCUT2D eigenvalue weighted by atomic mass is 79.9. The molecule has 1 heterocycles. The van der Waals surface area contributed by atoms with Crippen molar-refractivity contribution in [2.24, 2.45) is 0 Å². The van der Waals surface area contributed by atoms with Crippen molar-refractivity contribution in [1.29, 1.82) is 0 Å². The molecule has 0 spiro atoms. The van der Waals surface area contributed by atoms with Gasteiger partial charge < -0.3 is 19.3 Å². The van der Waals surface area contributed by atoms with Crippen molar-refractivity contribution in [3.05, 3.63) is 58.9 Å². The van der Waals surface area contributed by atoms with Gasteiger partial charge in [0.2, 0.25) is 17.6 Å². The number of aryl methyl sites for hydroxylation is 1. The maximum absolute atomic E-state index is 11.9. The van der Waals surface area contributed by atoms with Crippen molar-refractivity contribution in [2.75, 3.05) is 20.3 Å². The molecule has 3 rings (SSSR count). The summed E-state index contributed by atoms with van der Waals surface area (Å²) in [6, 6.07) is 15.1. The predicted molar refractivity (Wildman–Crippen MR) is 121 cm³/mol. The van der Waals surface area contributed by atoms with E-state index in [-0.39, 0.29) is 5.91 Å². The standard InChI is InChI=1S/C23H26BrN3O4/c1-29-19-11-9-17(10-12-19)23-26-22(31-27-23)8-3-2-4-14-25-21(28)13-15-30-20-7-5-6-18(24)16-20/h5-7,9-12,16H,2-4,8,13-15H2,1H3,(H,25,28). The van der Waals surface area contributed by atoms with E-state index in [2.05, 4.69) is 31.4 Å². The van der Waals surface area contributed by atoms with Crippen LogP contribution in [-0.2, 0) is 11.2 Å². The maximum atomic E-state index is 11.9. The number of aromatic nitrogens is 2. The van der Waals surface area contributed by atoms with Crippen LogP contribution in [0.1, 0.15) is 31.6 Å². The van der Waals surface area contributed by atoms with E-state index in [1.54, 1.807) is 7.11 Å².